The second-order valence-electron chi connectivity index (χ2n) is 4.51. The fourth-order valence-electron chi connectivity index (χ4n) is 2.39. The van der Waals surface area contributed by atoms with Gasteiger partial charge in [-0.3, -0.25) is 0 Å². The number of benzene rings is 2. The molecule has 0 radical (unpaired) electrons. The number of anilines is 2. The average molecular weight is 225 g/mol. The molecule has 0 saturated carbocycles. The van der Waals surface area contributed by atoms with Gasteiger partial charge in [0.25, 0.3) is 0 Å². The minimum atomic E-state index is -0.543. The summed E-state index contributed by atoms with van der Waals surface area (Å²) in [7, 11) is 0. The van der Waals surface area contributed by atoms with E-state index in [0.717, 1.165) is 28.9 Å². The Labute approximate surface area is 100 Å². The summed E-state index contributed by atoms with van der Waals surface area (Å²) in [5.74, 6) is 0. The van der Waals surface area contributed by atoms with E-state index in [1.165, 1.54) is 0 Å². The third kappa shape index (κ3) is 1.56. The Morgan fingerprint density at radius 2 is 1.76 bits per heavy atom. The summed E-state index contributed by atoms with van der Waals surface area (Å²) < 4.78 is 0. The number of rotatable bonds is 1. The molecule has 0 aliphatic carbocycles. The fourth-order valence-corrected chi connectivity index (χ4v) is 2.39. The number of hydrogen-bond acceptors (Lipinski definition) is 3. The van der Waals surface area contributed by atoms with Gasteiger partial charge in [-0.2, -0.15) is 0 Å². The van der Waals surface area contributed by atoms with Gasteiger partial charge in [-0.1, -0.05) is 36.4 Å². The molecule has 1 aliphatic heterocycles. The van der Waals surface area contributed by atoms with Crippen molar-refractivity contribution in [2.24, 2.45) is 5.73 Å². The van der Waals surface area contributed by atoms with Crippen LogP contribution in [0.3, 0.4) is 0 Å². The van der Waals surface area contributed by atoms with E-state index in [9.17, 15) is 0 Å². The van der Waals surface area contributed by atoms with Gasteiger partial charge in [-0.25, -0.2) is 0 Å². The van der Waals surface area contributed by atoms with Gasteiger partial charge in [0.1, 0.15) is 5.66 Å². The maximum atomic E-state index is 6.43. The zero-order valence-corrected chi connectivity index (χ0v) is 9.48. The van der Waals surface area contributed by atoms with Crippen LogP contribution in [0.15, 0.2) is 48.5 Å². The molecule has 1 unspecified atom stereocenters. The van der Waals surface area contributed by atoms with Crippen LogP contribution in [0.4, 0.5) is 11.4 Å². The molecule has 3 nitrogen and oxygen atoms in total. The Bertz CT molecular complexity index is 551. The second kappa shape index (κ2) is 3.50. The maximum Gasteiger partial charge on any atom is 0.116 e. The number of nitrogen functional groups attached to an aromatic ring is 1. The third-order valence-corrected chi connectivity index (χ3v) is 3.31. The molecule has 86 valence electrons. The SMILES string of the molecule is Nc1cccc2c1CC(N)(c1ccccc1)N2. The molecule has 2 aromatic rings. The van der Waals surface area contributed by atoms with Crippen molar-refractivity contribution >= 4 is 11.4 Å². The highest BCUT2D eigenvalue weighted by Gasteiger charge is 2.35. The predicted octanol–water partition coefficient (Wildman–Crippen LogP) is 2.05. The average Bonchev–Trinajstić information content (AvgIpc) is 2.70. The molecule has 5 N–H and O–H groups in total. The van der Waals surface area contributed by atoms with Crippen molar-refractivity contribution in [3.05, 3.63) is 59.7 Å². The van der Waals surface area contributed by atoms with E-state index in [1.54, 1.807) is 0 Å². The Balaban J connectivity index is 2.03. The van der Waals surface area contributed by atoms with Gasteiger partial charge in [0.2, 0.25) is 0 Å². The molecule has 0 amide bonds. The lowest BCUT2D eigenvalue weighted by atomic mass is 9.96. The van der Waals surface area contributed by atoms with E-state index in [-0.39, 0.29) is 0 Å². The molecular weight excluding hydrogens is 210 g/mol. The molecule has 2 aromatic carbocycles. The first-order chi connectivity index (χ1) is 8.19. The predicted molar refractivity (Wildman–Crippen MR) is 70.5 cm³/mol. The summed E-state index contributed by atoms with van der Waals surface area (Å²) in [5, 5.41) is 3.37. The lowest BCUT2D eigenvalue weighted by Gasteiger charge is -2.25. The summed E-state index contributed by atoms with van der Waals surface area (Å²) in [5.41, 5.74) is 15.9. The van der Waals surface area contributed by atoms with E-state index < -0.39 is 5.66 Å². The van der Waals surface area contributed by atoms with Crippen LogP contribution in [0.2, 0.25) is 0 Å². The van der Waals surface area contributed by atoms with Crippen LogP contribution in [-0.2, 0) is 12.1 Å². The van der Waals surface area contributed by atoms with Gasteiger partial charge in [-0.05, 0) is 17.7 Å². The molecule has 1 aliphatic rings. The van der Waals surface area contributed by atoms with Crippen LogP contribution < -0.4 is 16.8 Å². The van der Waals surface area contributed by atoms with Crippen molar-refractivity contribution in [3.8, 4) is 0 Å². The van der Waals surface area contributed by atoms with E-state index >= 15 is 0 Å². The van der Waals surface area contributed by atoms with Crippen LogP contribution in [0.25, 0.3) is 0 Å². The number of nitrogens with one attached hydrogen (secondary N) is 1. The maximum absolute atomic E-state index is 6.43. The summed E-state index contributed by atoms with van der Waals surface area (Å²) in [6.45, 7) is 0. The monoisotopic (exact) mass is 225 g/mol. The van der Waals surface area contributed by atoms with Crippen molar-refractivity contribution in [1.82, 2.24) is 0 Å². The van der Waals surface area contributed by atoms with Crippen LogP contribution in [-0.4, -0.2) is 0 Å². The second-order valence-corrected chi connectivity index (χ2v) is 4.51. The minimum Gasteiger partial charge on any atom is -0.398 e. The highest BCUT2D eigenvalue weighted by molar-refractivity contribution is 5.69. The summed E-state index contributed by atoms with van der Waals surface area (Å²) in [6, 6.07) is 15.9. The van der Waals surface area contributed by atoms with Crippen molar-refractivity contribution < 1.29 is 0 Å². The molecule has 1 atom stereocenters. The van der Waals surface area contributed by atoms with Crippen molar-refractivity contribution in [3.63, 3.8) is 0 Å². The lowest BCUT2D eigenvalue weighted by Crippen LogP contribution is -2.42. The van der Waals surface area contributed by atoms with Crippen molar-refractivity contribution in [1.29, 1.82) is 0 Å². The van der Waals surface area contributed by atoms with Gasteiger partial charge in [-0.15, -0.1) is 0 Å². The molecule has 0 saturated heterocycles. The van der Waals surface area contributed by atoms with Crippen LogP contribution in [0.5, 0.6) is 0 Å². The molecule has 0 bridgehead atoms. The van der Waals surface area contributed by atoms with Gasteiger partial charge in [0, 0.05) is 23.4 Å². The van der Waals surface area contributed by atoms with Crippen molar-refractivity contribution in [2.75, 3.05) is 11.1 Å². The van der Waals surface area contributed by atoms with Gasteiger partial charge in [0.15, 0.2) is 0 Å². The molecule has 3 rings (SSSR count). The Morgan fingerprint density at radius 3 is 2.47 bits per heavy atom. The molecule has 3 heteroatoms. The minimum absolute atomic E-state index is 0.543. The summed E-state index contributed by atoms with van der Waals surface area (Å²) in [6.07, 6.45) is 0.721. The van der Waals surface area contributed by atoms with E-state index in [1.807, 2.05) is 48.5 Å². The normalized spacial score (nSPS) is 21.9. The summed E-state index contributed by atoms with van der Waals surface area (Å²) >= 11 is 0. The first-order valence-corrected chi connectivity index (χ1v) is 5.69. The quantitative estimate of drug-likeness (QED) is 0.651. The first-order valence-electron chi connectivity index (χ1n) is 5.69. The Morgan fingerprint density at radius 1 is 1.00 bits per heavy atom. The standard InChI is InChI=1S/C14H15N3/c15-12-7-4-8-13-11(12)9-14(16,17-13)10-5-2-1-3-6-10/h1-8,17H,9,15-16H2. The van der Waals surface area contributed by atoms with Crippen LogP contribution >= 0.6 is 0 Å². The Kier molecular flexibility index (Phi) is 2.09. The molecule has 17 heavy (non-hydrogen) atoms. The number of hydrogen-bond donors (Lipinski definition) is 3. The van der Waals surface area contributed by atoms with Crippen molar-refractivity contribution in [2.45, 2.75) is 12.1 Å². The lowest BCUT2D eigenvalue weighted by molar-refractivity contribution is 0.536. The fraction of sp³-hybridized carbons (Fsp3) is 0.143. The highest BCUT2D eigenvalue weighted by Crippen LogP contribution is 2.38. The molecule has 0 spiro atoms. The molecular formula is C14H15N3. The van der Waals surface area contributed by atoms with E-state index in [0.29, 0.717) is 0 Å². The van der Waals surface area contributed by atoms with E-state index in [4.69, 9.17) is 11.5 Å². The largest absolute Gasteiger partial charge is 0.398 e. The van der Waals surface area contributed by atoms with Crippen LogP contribution in [0.1, 0.15) is 11.1 Å². The zero-order valence-electron chi connectivity index (χ0n) is 9.48. The van der Waals surface area contributed by atoms with Crippen LogP contribution in [0, 0.1) is 0 Å². The topological polar surface area (TPSA) is 64.1 Å². The highest BCUT2D eigenvalue weighted by atomic mass is 15.1. The number of nitrogens with two attached hydrogens (primary N) is 2. The molecule has 1 heterocycles. The third-order valence-electron chi connectivity index (χ3n) is 3.31. The zero-order chi connectivity index (χ0) is 11.9. The summed E-state index contributed by atoms with van der Waals surface area (Å²) in [4.78, 5) is 0. The van der Waals surface area contributed by atoms with E-state index in [2.05, 4.69) is 5.32 Å². The first kappa shape index (κ1) is 10.2. The van der Waals surface area contributed by atoms with Gasteiger partial charge < -0.3 is 16.8 Å². The van der Waals surface area contributed by atoms with Gasteiger partial charge >= 0.3 is 0 Å². The smallest absolute Gasteiger partial charge is 0.116 e. The molecule has 0 aromatic heterocycles. The van der Waals surface area contributed by atoms with Gasteiger partial charge in [0.05, 0.1) is 0 Å². The molecule has 0 fully saturated rings. The Hall–Kier alpha value is -2.00. The number of fused-ring (bicyclic) bond motifs is 1.